The van der Waals surface area contributed by atoms with Crippen LogP contribution in [0.1, 0.15) is 24.0 Å². The van der Waals surface area contributed by atoms with E-state index >= 15 is 0 Å². The van der Waals surface area contributed by atoms with Gasteiger partial charge in [0.05, 0.1) is 12.7 Å². The normalized spacial score (nSPS) is 9.25. The smallest absolute Gasteiger partial charge is 0.376 e. The summed E-state index contributed by atoms with van der Waals surface area (Å²) in [5, 5.41) is 8.30. The van der Waals surface area contributed by atoms with E-state index < -0.39 is 11.9 Å². The van der Waals surface area contributed by atoms with Crippen molar-refractivity contribution < 1.29 is 14.3 Å². The van der Waals surface area contributed by atoms with Gasteiger partial charge in [0.1, 0.15) is 6.42 Å². The fourth-order valence-corrected chi connectivity index (χ4v) is 0.986. The van der Waals surface area contributed by atoms with Crippen LogP contribution in [0.3, 0.4) is 0 Å². The van der Waals surface area contributed by atoms with Crippen LogP contribution in [-0.2, 0) is 9.53 Å². The molecule has 1 aromatic rings. The minimum Gasteiger partial charge on any atom is -0.460 e. The Hall–Kier alpha value is -2.36. The van der Waals surface area contributed by atoms with Gasteiger partial charge in [-0.25, -0.2) is 14.5 Å². The molecule has 0 aromatic carbocycles. The van der Waals surface area contributed by atoms with Gasteiger partial charge in [-0.3, -0.25) is 10.2 Å². The molecule has 1 aromatic heterocycles. The van der Waals surface area contributed by atoms with Crippen molar-refractivity contribution in [3.8, 4) is 6.07 Å². The zero-order chi connectivity index (χ0) is 12.0. The number of carbonyl (C=O) groups excluding carboxylic acids is 2. The SMILES string of the molecule is CCOC(=O)c1nccn1NC(=O)CC#N. The summed E-state index contributed by atoms with van der Waals surface area (Å²) in [5.74, 6) is -1.19. The Balaban J connectivity index is 2.75. The summed E-state index contributed by atoms with van der Waals surface area (Å²) in [5.41, 5.74) is 2.32. The van der Waals surface area contributed by atoms with Crippen molar-refractivity contribution in [2.75, 3.05) is 12.0 Å². The predicted octanol–water partition coefficient (Wildman–Crippen LogP) is 0.0436. The third-order valence-electron chi connectivity index (χ3n) is 1.58. The lowest BCUT2D eigenvalue weighted by Crippen LogP contribution is -2.26. The van der Waals surface area contributed by atoms with Gasteiger partial charge in [-0.2, -0.15) is 5.26 Å². The first kappa shape index (κ1) is 11.7. The van der Waals surface area contributed by atoms with Gasteiger partial charge < -0.3 is 4.74 Å². The Labute approximate surface area is 91.6 Å². The summed E-state index contributed by atoms with van der Waals surface area (Å²) in [7, 11) is 0. The third kappa shape index (κ3) is 2.81. The van der Waals surface area contributed by atoms with Crippen LogP contribution in [0, 0.1) is 11.3 Å². The molecule has 0 saturated carbocycles. The summed E-state index contributed by atoms with van der Waals surface area (Å²) in [6.07, 6.45) is 2.45. The molecule has 1 heterocycles. The number of nitriles is 1. The van der Waals surface area contributed by atoms with Crippen molar-refractivity contribution in [3.05, 3.63) is 18.2 Å². The number of nitrogens with zero attached hydrogens (tertiary/aromatic N) is 3. The first-order valence-electron chi connectivity index (χ1n) is 4.56. The lowest BCUT2D eigenvalue weighted by molar-refractivity contribution is -0.116. The highest BCUT2D eigenvalue weighted by molar-refractivity contribution is 5.89. The fourth-order valence-electron chi connectivity index (χ4n) is 0.986. The van der Waals surface area contributed by atoms with E-state index in [1.165, 1.54) is 12.4 Å². The second kappa shape index (κ2) is 5.50. The Morgan fingerprint density at radius 2 is 2.44 bits per heavy atom. The van der Waals surface area contributed by atoms with Crippen molar-refractivity contribution in [1.29, 1.82) is 5.26 Å². The molecule has 0 bridgehead atoms. The van der Waals surface area contributed by atoms with Crippen LogP contribution >= 0.6 is 0 Å². The Bertz CT molecular complexity index is 432. The maximum atomic E-state index is 11.3. The maximum Gasteiger partial charge on any atom is 0.376 e. The van der Waals surface area contributed by atoms with Crippen LogP contribution in [0.25, 0.3) is 0 Å². The lowest BCUT2D eigenvalue weighted by Gasteiger charge is -2.06. The molecule has 0 atom stereocenters. The topological polar surface area (TPSA) is 97.0 Å². The monoisotopic (exact) mass is 222 g/mol. The van der Waals surface area contributed by atoms with Gasteiger partial charge in [-0.15, -0.1) is 0 Å². The highest BCUT2D eigenvalue weighted by Gasteiger charge is 2.14. The van der Waals surface area contributed by atoms with Gasteiger partial charge in [-0.05, 0) is 6.92 Å². The van der Waals surface area contributed by atoms with Crippen LogP contribution in [0.15, 0.2) is 12.4 Å². The van der Waals surface area contributed by atoms with Crippen molar-refractivity contribution in [2.24, 2.45) is 0 Å². The highest BCUT2D eigenvalue weighted by Crippen LogP contribution is 1.98. The Kier molecular flexibility index (Phi) is 4.03. The molecule has 7 nitrogen and oxygen atoms in total. The van der Waals surface area contributed by atoms with Crippen molar-refractivity contribution in [1.82, 2.24) is 9.66 Å². The molecule has 0 unspecified atom stereocenters. The van der Waals surface area contributed by atoms with E-state index in [1.54, 1.807) is 13.0 Å². The Morgan fingerprint density at radius 3 is 3.06 bits per heavy atom. The van der Waals surface area contributed by atoms with Crippen molar-refractivity contribution >= 4 is 11.9 Å². The molecule has 84 valence electrons. The lowest BCUT2D eigenvalue weighted by atomic mass is 10.5. The van der Waals surface area contributed by atoms with Crippen LogP contribution in [0.4, 0.5) is 0 Å². The number of aromatic nitrogens is 2. The molecule has 0 saturated heterocycles. The molecule has 0 aliphatic carbocycles. The van der Waals surface area contributed by atoms with Gasteiger partial charge in [0, 0.05) is 12.4 Å². The van der Waals surface area contributed by atoms with Crippen LogP contribution in [0.2, 0.25) is 0 Å². The molecular weight excluding hydrogens is 212 g/mol. The number of esters is 1. The first-order chi connectivity index (χ1) is 7.69. The van der Waals surface area contributed by atoms with E-state index in [9.17, 15) is 9.59 Å². The van der Waals surface area contributed by atoms with Gasteiger partial charge in [-0.1, -0.05) is 0 Å². The zero-order valence-corrected chi connectivity index (χ0v) is 8.64. The van der Waals surface area contributed by atoms with Gasteiger partial charge >= 0.3 is 5.97 Å². The van der Waals surface area contributed by atoms with E-state index in [0.717, 1.165) is 4.68 Å². The van der Waals surface area contributed by atoms with Crippen LogP contribution in [-0.4, -0.2) is 28.1 Å². The number of hydrogen-bond donors (Lipinski definition) is 1. The van der Waals surface area contributed by atoms with Crippen molar-refractivity contribution in [3.63, 3.8) is 0 Å². The average molecular weight is 222 g/mol. The maximum absolute atomic E-state index is 11.3. The van der Waals surface area contributed by atoms with Crippen LogP contribution in [0.5, 0.6) is 0 Å². The van der Waals surface area contributed by atoms with Crippen molar-refractivity contribution in [2.45, 2.75) is 13.3 Å². The number of amides is 1. The summed E-state index contributed by atoms with van der Waals surface area (Å²) in [6, 6.07) is 1.69. The standard InChI is InChI=1S/C9H10N4O3/c1-2-16-9(15)8-11-5-6-13(8)12-7(14)3-4-10/h5-6H,2-3H2,1H3,(H,12,14). The van der Waals surface area contributed by atoms with Gasteiger partial charge in [0.25, 0.3) is 5.91 Å². The Morgan fingerprint density at radius 1 is 1.69 bits per heavy atom. The molecule has 0 aliphatic heterocycles. The zero-order valence-electron chi connectivity index (χ0n) is 8.64. The van der Waals surface area contributed by atoms with E-state index in [2.05, 4.69) is 10.4 Å². The molecule has 0 radical (unpaired) electrons. The third-order valence-corrected chi connectivity index (χ3v) is 1.58. The second-order valence-corrected chi connectivity index (χ2v) is 2.71. The summed E-state index contributed by atoms with van der Waals surface area (Å²) in [6.45, 7) is 1.89. The fraction of sp³-hybridized carbons (Fsp3) is 0.333. The molecule has 7 heteroatoms. The number of carbonyl (C=O) groups is 2. The summed E-state index contributed by atoms with van der Waals surface area (Å²) < 4.78 is 5.85. The largest absolute Gasteiger partial charge is 0.460 e. The number of imidazole rings is 1. The first-order valence-corrected chi connectivity index (χ1v) is 4.56. The molecule has 0 aliphatic rings. The number of rotatable bonds is 4. The molecule has 1 amide bonds. The number of nitrogens with one attached hydrogen (secondary N) is 1. The predicted molar refractivity (Wildman–Crippen MR) is 52.8 cm³/mol. The molecule has 0 fully saturated rings. The van der Waals surface area contributed by atoms with E-state index in [4.69, 9.17) is 10.00 Å². The molecule has 1 N–H and O–H groups in total. The number of ether oxygens (including phenoxy) is 1. The van der Waals surface area contributed by atoms with Crippen LogP contribution < -0.4 is 5.43 Å². The molecule has 0 spiro atoms. The minimum atomic E-state index is -0.634. The van der Waals surface area contributed by atoms with Gasteiger partial charge in [0.2, 0.25) is 5.82 Å². The summed E-state index contributed by atoms with van der Waals surface area (Å²) >= 11 is 0. The average Bonchev–Trinajstić information content (AvgIpc) is 2.66. The highest BCUT2D eigenvalue weighted by atomic mass is 16.5. The molecule has 1 rings (SSSR count). The molecule has 16 heavy (non-hydrogen) atoms. The van der Waals surface area contributed by atoms with Gasteiger partial charge in [0.15, 0.2) is 0 Å². The molecular formula is C9H10N4O3. The van der Waals surface area contributed by atoms with E-state index in [1.807, 2.05) is 0 Å². The second-order valence-electron chi connectivity index (χ2n) is 2.71. The van der Waals surface area contributed by atoms with E-state index in [0.29, 0.717) is 0 Å². The minimum absolute atomic E-state index is 0.0341. The quantitative estimate of drug-likeness (QED) is 0.725. The summed E-state index contributed by atoms with van der Waals surface area (Å²) in [4.78, 5) is 26.2. The number of hydrogen-bond acceptors (Lipinski definition) is 5. The van der Waals surface area contributed by atoms with E-state index in [-0.39, 0.29) is 18.9 Å².